The molecule has 21 heavy (non-hydrogen) atoms. The molecule has 116 valence electrons. The summed E-state index contributed by atoms with van der Waals surface area (Å²) in [6.45, 7) is 6.16. The van der Waals surface area contributed by atoms with Gasteiger partial charge in [0.1, 0.15) is 31.0 Å². The van der Waals surface area contributed by atoms with Crippen molar-refractivity contribution < 1.29 is 19.2 Å². The Bertz CT molecular complexity index is 500. The number of quaternary nitrogens is 1. The Hall–Kier alpha value is -1.30. The molecule has 1 aromatic carbocycles. The first-order valence-electron chi connectivity index (χ1n) is 7.10. The summed E-state index contributed by atoms with van der Waals surface area (Å²) >= 11 is 5.96. The van der Waals surface area contributed by atoms with Crippen molar-refractivity contribution in [2.45, 2.75) is 26.1 Å². The zero-order valence-corrected chi connectivity index (χ0v) is 13.4. The fourth-order valence-electron chi connectivity index (χ4n) is 2.73. The van der Waals surface area contributed by atoms with E-state index in [2.05, 4.69) is 5.32 Å². The molecule has 1 fully saturated rings. The van der Waals surface area contributed by atoms with Gasteiger partial charge in [0.25, 0.3) is 5.91 Å². The highest BCUT2D eigenvalue weighted by atomic mass is 35.5. The second kappa shape index (κ2) is 7.11. The fourth-order valence-corrected chi connectivity index (χ4v) is 2.90. The topological polar surface area (TPSA) is 52.0 Å². The van der Waals surface area contributed by atoms with Crippen molar-refractivity contribution in [2.24, 2.45) is 0 Å². The molecule has 6 heteroatoms. The van der Waals surface area contributed by atoms with Crippen molar-refractivity contribution in [2.75, 3.05) is 32.1 Å². The molecule has 1 heterocycles. The summed E-state index contributed by atoms with van der Waals surface area (Å²) in [5.74, 6) is 0.554. The van der Waals surface area contributed by atoms with E-state index in [1.807, 2.05) is 13.8 Å². The SMILES string of the molecule is COc1ccc(Cl)cc1NC(=O)C[NH+]1C[C@@H](C)O[C@H](C)C1. The molecule has 0 unspecified atom stereocenters. The molecule has 0 aliphatic carbocycles. The molecule has 2 atom stereocenters. The minimum absolute atomic E-state index is 0.0492. The van der Waals surface area contributed by atoms with Crippen molar-refractivity contribution in [3.05, 3.63) is 23.2 Å². The van der Waals surface area contributed by atoms with E-state index in [0.29, 0.717) is 23.0 Å². The lowest BCUT2D eigenvalue weighted by atomic mass is 10.2. The van der Waals surface area contributed by atoms with Gasteiger partial charge in [-0.05, 0) is 32.0 Å². The molecular weight excluding hydrogens is 292 g/mol. The highest BCUT2D eigenvalue weighted by Gasteiger charge is 2.27. The van der Waals surface area contributed by atoms with Crippen LogP contribution in [0.2, 0.25) is 5.02 Å². The average molecular weight is 314 g/mol. The maximum Gasteiger partial charge on any atom is 0.279 e. The van der Waals surface area contributed by atoms with Gasteiger partial charge < -0.3 is 19.7 Å². The molecular formula is C15H22ClN2O3+. The molecule has 5 nitrogen and oxygen atoms in total. The Balaban J connectivity index is 1.97. The average Bonchev–Trinajstić information content (AvgIpc) is 2.37. The van der Waals surface area contributed by atoms with Crippen LogP contribution >= 0.6 is 11.6 Å². The molecule has 0 spiro atoms. The van der Waals surface area contributed by atoms with E-state index in [-0.39, 0.29) is 18.1 Å². The van der Waals surface area contributed by atoms with Crippen LogP contribution in [0.5, 0.6) is 5.75 Å². The molecule has 1 amide bonds. The first-order valence-corrected chi connectivity index (χ1v) is 7.48. The van der Waals surface area contributed by atoms with E-state index < -0.39 is 0 Å². The first kappa shape index (κ1) is 16.1. The Morgan fingerprint density at radius 1 is 1.43 bits per heavy atom. The summed E-state index contributed by atoms with van der Waals surface area (Å²) in [6.07, 6.45) is 0.356. The lowest BCUT2D eigenvalue weighted by molar-refractivity contribution is -0.907. The molecule has 1 aliphatic heterocycles. The van der Waals surface area contributed by atoms with Gasteiger partial charge in [-0.15, -0.1) is 0 Å². The van der Waals surface area contributed by atoms with E-state index in [0.717, 1.165) is 13.1 Å². The van der Waals surface area contributed by atoms with Gasteiger partial charge in [0.15, 0.2) is 6.54 Å². The lowest BCUT2D eigenvalue weighted by Gasteiger charge is -2.31. The molecule has 0 aromatic heterocycles. The number of nitrogens with one attached hydrogen (secondary N) is 2. The third kappa shape index (κ3) is 4.59. The van der Waals surface area contributed by atoms with Crippen LogP contribution < -0.4 is 15.0 Å². The number of anilines is 1. The largest absolute Gasteiger partial charge is 0.495 e. The number of ether oxygens (including phenoxy) is 2. The standard InChI is InChI=1S/C15H21ClN2O3/c1-10-7-18(8-11(2)21-10)9-15(19)17-13-6-12(16)4-5-14(13)20-3/h4-6,10-11H,7-9H2,1-3H3,(H,17,19)/p+1/t10-,11-/m1/s1. The number of hydrogen-bond acceptors (Lipinski definition) is 3. The van der Waals surface area contributed by atoms with Crippen molar-refractivity contribution in [3.8, 4) is 5.75 Å². The van der Waals surface area contributed by atoms with Gasteiger partial charge in [-0.1, -0.05) is 11.6 Å². The smallest absolute Gasteiger partial charge is 0.279 e. The number of amides is 1. The predicted molar refractivity (Wildman–Crippen MR) is 82.2 cm³/mol. The third-order valence-electron chi connectivity index (χ3n) is 3.46. The van der Waals surface area contributed by atoms with Gasteiger partial charge >= 0.3 is 0 Å². The van der Waals surface area contributed by atoms with E-state index >= 15 is 0 Å². The predicted octanol–water partition coefficient (Wildman–Crippen LogP) is 0.979. The number of benzene rings is 1. The summed E-state index contributed by atoms with van der Waals surface area (Å²) in [7, 11) is 1.56. The van der Waals surface area contributed by atoms with E-state index in [1.165, 1.54) is 4.90 Å². The number of carbonyl (C=O) groups excluding carboxylic acids is 1. The minimum Gasteiger partial charge on any atom is -0.495 e. The molecule has 1 aromatic rings. The van der Waals surface area contributed by atoms with Crippen LogP contribution in [0.25, 0.3) is 0 Å². The number of hydrogen-bond donors (Lipinski definition) is 2. The number of rotatable bonds is 4. The van der Waals surface area contributed by atoms with Crippen LogP contribution in [0.4, 0.5) is 5.69 Å². The van der Waals surface area contributed by atoms with E-state index in [1.54, 1.807) is 25.3 Å². The molecule has 2 N–H and O–H groups in total. The van der Waals surface area contributed by atoms with Crippen LogP contribution in [0.3, 0.4) is 0 Å². The fraction of sp³-hybridized carbons (Fsp3) is 0.533. The summed E-state index contributed by atoms with van der Waals surface area (Å²) in [5, 5.41) is 3.43. The molecule has 0 bridgehead atoms. The van der Waals surface area contributed by atoms with Crippen LogP contribution in [0, 0.1) is 0 Å². The lowest BCUT2D eigenvalue weighted by Crippen LogP contribution is -3.16. The van der Waals surface area contributed by atoms with E-state index in [9.17, 15) is 4.79 Å². The van der Waals surface area contributed by atoms with Crippen molar-refractivity contribution in [3.63, 3.8) is 0 Å². The maximum atomic E-state index is 12.2. The van der Waals surface area contributed by atoms with Crippen LogP contribution in [0.1, 0.15) is 13.8 Å². The normalized spacial score (nSPS) is 25.4. The highest BCUT2D eigenvalue weighted by molar-refractivity contribution is 6.31. The van der Waals surface area contributed by atoms with Crippen molar-refractivity contribution in [1.82, 2.24) is 0 Å². The Labute approximate surface area is 130 Å². The van der Waals surface area contributed by atoms with Crippen LogP contribution in [0.15, 0.2) is 18.2 Å². The Kier molecular flexibility index (Phi) is 5.45. The molecule has 2 rings (SSSR count). The second-order valence-electron chi connectivity index (χ2n) is 5.49. The van der Waals surface area contributed by atoms with Crippen LogP contribution in [-0.4, -0.2) is 44.9 Å². The minimum atomic E-state index is -0.0492. The van der Waals surface area contributed by atoms with E-state index in [4.69, 9.17) is 21.1 Å². The van der Waals surface area contributed by atoms with Crippen LogP contribution in [-0.2, 0) is 9.53 Å². The molecule has 0 saturated carbocycles. The van der Waals surface area contributed by atoms with Gasteiger partial charge in [-0.2, -0.15) is 0 Å². The quantitative estimate of drug-likeness (QED) is 0.871. The number of methoxy groups -OCH3 is 1. The van der Waals surface area contributed by atoms with Gasteiger partial charge in [0, 0.05) is 5.02 Å². The summed E-state index contributed by atoms with van der Waals surface area (Å²) in [6, 6.07) is 5.16. The van der Waals surface area contributed by atoms with Crippen molar-refractivity contribution >= 4 is 23.2 Å². The van der Waals surface area contributed by atoms with Gasteiger partial charge in [-0.3, -0.25) is 4.79 Å². The number of morpholine rings is 1. The third-order valence-corrected chi connectivity index (χ3v) is 3.70. The van der Waals surface area contributed by atoms with Gasteiger partial charge in [0.2, 0.25) is 0 Å². The summed E-state index contributed by atoms with van der Waals surface area (Å²) in [5.41, 5.74) is 0.601. The zero-order chi connectivity index (χ0) is 15.4. The Morgan fingerprint density at radius 3 is 2.71 bits per heavy atom. The number of carbonyl (C=O) groups is 1. The van der Waals surface area contributed by atoms with Gasteiger partial charge in [0.05, 0.1) is 12.8 Å². The first-order chi connectivity index (χ1) is 9.97. The molecule has 1 aliphatic rings. The molecule has 0 radical (unpaired) electrons. The number of halogens is 1. The monoisotopic (exact) mass is 313 g/mol. The molecule has 1 saturated heterocycles. The van der Waals surface area contributed by atoms with Crippen molar-refractivity contribution in [1.29, 1.82) is 0 Å². The summed E-state index contributed by atoms with van der Waals surface area (Å²) < 4.78 is 10.9. The second-order valence-corrected chi connectivity index (χ2v) is 5.92. The van der Waals surface area contributed by atoms with Gasteiger partial charge in [-0.25, -0.2) is 0 Å². The highest BCUT2D eigenvalue weighted by Crippen LogP contribution is 2.27. The summed E-state index contributed by atoms with van der Waals surface area (Å²) in [4.78, 5) is 13.4. The Morgan fingerprint density at radius 2 is 2.10 bits per heavy atom. The maximum absolute atomic E-state index is 12.2. The zero-order valence-electron chi connectivity index (χ0n) is 12.6.